The molecule has 1 aliphatic rings. The molecule has 0 N–H and O–H groups in total. The van der Waals surface area contributed by atoms with Gasteiger partial charge < -0.3 is 14.4 Å². The van der Waals surface area contributed by atoms with Crippen molar-refractivity contribution >= 4 is 6.09 Å². The van der Waals surface area contributed by atoms with E-state index in [1.807, 2.05) is 27.7 Å². The Bertz CT molecular complexity index is 487. The number of hydrogen-bond acceptors (Lipinski definition) is 5. The molecule has 1 saturated heterocycles. The molecule has 6 heteroatoms. The van der Waals surface area contributed by atoms with E-state index in [9.17, 15) is 4.79 Å². The van der Waals surface area contributed by atoms with Crippen molar-refractivity contribution in [2.75, 3.05) is 13.1 Å². The minimum atomic E-state index is -0.474. The minimum absolute atomic E-state index is 0.00160. The van der Waals surface area contributed by atoms with E-state index in [-0.39, 0.29) is 18.3 Å². The van der Waals surface area contributed by atoms with Crippen LogP contribution in [0, 0.1) is 0 Å². The topological polar surface area (TPSA) is 64.5 Å². The summed E-state index contributed by atoms with van der Waals surface area (Å²) in [5.41, 5.74) is 0.328. The highest BCUT2D eigenvalue weighted by atomic mass is 16.6. The maximum atomic E-state index is 12.1. The van der Waals surface area contributed by atoms with E-state index >= 15 is 0 Å². The Kier molecular flexibility index (Phi) is 5.34. The monoisotopic (exact) mass is 307 g/mol. The molecule has 122 valence electrons. The number of amides is 1. The van der Waals surface area contributed by atoms with E-state index in [1.165, 1.54) is 0 Å². The molecule has 6 nitrogen and oxygen atoms in total. The third-order valence-electron chi connectivity index (χ3n) is 3.43. The molecule has 22 heavy (non-hydrogen) atoms. The van der Waals surface area contributed by atoms with Crippen molar-refractivity contribution in [2.45, 2.75) is 58.3 Å². The van der Waals surface area contributed by atoms with Gasteiger partial charge in [0.2, 0.25) is 0 Å². The van der Waals surface area contributed by atoms with Gasteiger partial charge in [-0.1, -0.05) is 0 Å². The highest BCUT2D eigenvalue weighted by Crippen LogP contribution is 2.22. The van der Waals surface area contributed by atoms with Crippen LogP contribution in [0.1, 0.15) is 52.3 Å². The average Bonchev–Trinajstić information content (AvgIpc) is 2.46. The molecule has 1 amide bonds. The first-order valence-electron chi connectivity index (χ1n) is 7.74. The number of ether oxygens (including phenoxy) is 2. The second-order valence-electron chi connectivity index (χ2n) is 6.60. The summed E-state index contributed by atoms with van der Waals surface area (Å²) in [5, 5.41) is 0. The molecule has 2 rings (SSSR count). The summed E-state index contributed by atoms with van der Waals surface area (Å²) in [6.07, 6.45) is 6.44. The summed E-state index contributed by atoms with van der Waals surface area (Å²) in [7, 11) is 0. The lowest BCUT2D eigenvalue weighted by Crippen LogP contribution is -2.45. The van der Waals surface area contributed by atoms with Crippen molar-refractivity contribution in [1.29, 1.82) is 0 Å². The zero-order valence-electron chi connectivity index (χ0n) is 13.8. The third-order valence-corrected chi connectivity index (χ3v) is 3.43. The number of hydrogen-bond donors (Lipinski definition) is 0. The van der Waals surface area contributed by atoms with Crippen LogP contribution in [0.5, 0.6) is 0 Å². The van der Waals surface area contributed by atoms with E-state index in [0.717, 1.165) is 18.5 Å². The predicted octanol–water partition coefficient (Wildman–Crippen LogP) is 2.95. The number of aromatic nitrogens is 2. The first-order valence-corrected chi connectivity index (χ1v) is 7.74. The van der Waals surface area contributed by atoms with Crippen LogP contribution in [0.2, 0.25) is 0 Å². The molecule has 1 aromatic rings. The molecule has 0 radical (unpaired) electrons. The van der Waals surface area contributed by atoms with E-state index in [4.69, 9.17) is 9.47 Å². The fourth-order valence-corrected chi connectivity index (χ4v) is 2.42. The van der Waals surface area contributed by atoms with Crippen molar-refractivity contribution in [3.8, 4) is 0 Å². The molecule has 1 aliphatic heterocycles. The van der Waals surface area contributed by atoms with Gasteiger partial charge in [-0.3, -0.25) is 9.97 Å². The summed E-state index contributed by atoms with van der Waals surface area (Å²) in [5.74, 6) is 0. The summed E-state index contributed by atoms with van der Waals surface area (Å²) in [6, 6.07) is 0. The van der Waals surface area contributed by atoms with Gasteiger partial charge in [-0.2, -0.15) is 0 Å². The highest BCUT2D eigenvalue weighted by Gasteiger charge is 2.29. The van der Waals surface area contributed by atoms with E-state index in [0.29, 0.717) is 13.1 Å². The van der Waals surface area contributed by atoms with Crippen LogP contribution in [0.4, 0.5) is 4.79 Å². The van der Waals surface area contributed by atoms with Gasteiger partial charge in [0, 0.05) is 18.9 Å². The van der Waals surface area contributed by atoms with Gasteiger partial charge in [0.05, 0.1) is 30.6 Å². The lowest BCUT2D eigenvalue weighted by molar-refractivity contribution is -0.0498. The first kappa shape index (κ1) is 16.7. The molecule has 1 aromatic heterocycles. The predicted molar refractivity (Wildman–Crippen MR) is 82.4 cm³/mol. The Morgan fingerprint density at radius 1 is 1.41 bits per heavy atom. The van der Waals surface area contributed by atoms with Crippen LogP contribution in [-0.4, -0.2) is 45.8 Å². The van der Waals surface area contributed by atoms with Crippen molar-refractivity contribution in [1.82, 2.24) is 14.9 Å². The van der Waals surface area contributed by atoms with Gasteiger partial charge in [-0.15, -0.1) is 0 Å². The molecule has 1 fully saturated rings. The molecular weight excluding hydrogens is 282 g/mol. The van der Waals surface area contributed by atoms with E-state index in [1.54, 1.807) is 23.5 Å². The van der Waals surface area contributed by atoms with Crippen LogP contribution in [0.25, 0.3) is 0 Å². The van der Waals surface area contributed by atoms with Crippen LogP contribution in [-0.2, 0) is 9.47 Å². The van der Waals surface area contributed by atoms with Gasteiger partial charge in [-0.25, -0.2) is 4.79 Å². The maximum absolute atomic E-state index is 12.1. The maximum Gasteiger partial charge on any atom is 0.410 e. The molecule has 0 spiro atoms. The molecule has 0 unspecified atom stereocenters. The average molecular weight is 307 g/mol. The SMILES string of the molecule is C[C@H](O[C@@H]1CCCN(C(=O)OC(C)(C)C)C1)c1cnccn1. The quantitative estimate of drug-likeness (QED) is 0.859. The molecule has 0 saturated carbocycles. The molecule has 2 atom stereocenters. The number of carbonyl (C=O) groups is 1. The van der Waals surface area contributed by atoms with Gasteiger partial charge in [0.25, 0.3) is 0 Å². The number of likely N-dealkylation sites (tertiary alicyclic amines) is 1. The van der Waals surface area contributed by atoms with Gasteiger partial charge >= 0.3 is 6.09 Å². The normalized spacial score (nSPS) is 20.5. The third kappa shape index (κ3) is 4.94. The van der Waals surface area contributed by atoms with Crippen molar-refractivity contribution in [3.63, 3.8) is 0 Å². The molecule has 0 aromatic carbocycles. The lowest BCUT2D eigenvalue weighted by Gasteiger charge is -2.35. The number of nitrogens with zero attached hydrogens (tertiary/aromatic N) is 3. The van der Waals surface area contributed by atoms with E-state index in [2.05, 4.69) is 9.97 Å². The fraction of sp³-hybridized carbons (Fsp3) is 0.688. The van der Waals surface area contributed by atoms with Crippen molar-refractivity contribution in [3.05, 3.63) is 24.3 Å². The second-order valence-corrected chi connectivity index (χ2v) is 6.60. The lowest BCUT2D eigenvalue weighted by atomic mass is 10.1. The Hall–Kier alpha value is -1.69. The van der Waals surface area contributed by atoms with Crippen LogP contribution < -0.4 is 0 Å². The molecule has 2 heterocycles. The van der Waals surface area contributed by atoms with Gasteiger partial charge in [0.15, 0.2) is 0 Å². The van der Waals surface area contributed by atoms with Crippen LogP contribution >= 0.6 is 0 Å². The summed E-state index contributed by atoms with van der Waals surface area (Å²) < 4.78 is 11.5. The Balaban J connectivity index is 1.89. The van der Waals surface area contributed by atoms with Gasteiger partial charge in [-0.05, 0) is 40.5 Å². The smallest absolute Gasteiger partial charge is 0.410 e. The summed E-state index contributed by atoms with van der Waals surface area (Å²) in [4.78, 5) is 22.2. The molecule has 0 bridgehead atoms. The minimum Gasteiger partial charge on any atom is -0.444 e. The summed E-state index contributed by atoms with van der Waals surface area (Å²) in [6.45, 7) is 8.85. The summed E-state index contributed by atoms with van der Waals surface area (Å²) >= 11 is 0. The Morgan fingerprint density at radius 2 is 2.18 bits per heavy atom. The molecular formula is C16H25N3O3. The second kappa shape index (κ2) is 7.05. The zero-order chi connectivity index (χ0) is 16.2. The van der Waals surface area contributed by atoms with Gasteiger partial charge in [0.1, 0.15) is 5.60 Å². The van der Waals surface area contributed by atoms with Crippen molar-refractivity contribution < 1.29 is 14.3 Å². The first-order chi connectivity index (χ1) is 10.3. The highest BCUT2D eigenvalue weighted by molar-refractivity contribution is 5.68. The fourth-order valence-electron chi connectivity index (χ4n) is 2.42. The van der Waals surface area contributed by atoms with Crippen molar-refractivity contribution in [2.24, 2.45) is 0 Å². The van der Waals surface area contributed by atoms with E-state index < -0.39 is 5.60 Å². The standard InChI is InChI=1S/C16H25N3O3/c1-12(14-10-17-7-8-18-14)21-13-6-5-9-19(11-13)15(20)22-16(2,3)4/h7-8,10,12-13H,5-6,9,11H2,1-4H3/t12-,13+/m0/s1. The Morgan fingerprint density at radius 3 is 2.82 bits per heavy atom. The van der Waals surface area contributed by atoms with Crippen LogP contribution in [0.3, 0.4) is 0 Å². The zero-order valence-corrected chi connectivity index (χ0v) is 13.8. The largest absolute Gasteiger partial charge is 0.444 e. The Labute approximate surface area is 131 Å². The molecule has 0 aliphatic carbocycles. The number of carbonyl (C=O) groups excluding carboxylic acids is 1. The number of rotatable bonds is 3. The number of piperidine rings is 1. The van der Waals surface area contributed by atoms with Crippen LogP contribution in [0.15, 0.2) is 18.6 Å².